The third-order valence-electron chi connectivity index (χ3n) is 3.32. The Balaban J connectivity index is 1.64. The second kappa shape index (κ2) is 7.11. The largest absolute Gasteiger partial charge is 0.507 e. The molecule has 0 bridgehead atoms. The third-order valence-corrected chi connectivity index (χ3v) is 4.39. The van der Waals surface area contributed by atoms with Crippen LogP contribution in [0.3, 0.4) is 0 Å². The average Bonchev–Trinajstić information content (AvgIpc) is 2.90. The summed E-state index contributed by atoms with van der Waals surface area (Å²) >= 11 is 1.37. The molecule has 2 aromatic carbocycles. The van der Waals surface area contributed by atoms with Crippen LogP contribution in [0.2, 0.25) is 0 Å². The fourth-order valence-corrected chi connectivity index (χ4v) is 3.12. The second-order valence-electron chi connectivity index (χ2n) is 4.99. The van der Waals surface area contributed by atoms with E-state index in [0.29, 0.717) is 17.2 Å². The van der Waals surface area contributed by atoms with Gasteiger partial charge in [0.05, 0.1) is 11.5 Å². The number of carbonyl (C=O) groups excluding carboxylic acids is 1. The van der Waals surface area contributed by atoms with E-state index in [1.54, 1.807) is 24.3 Å². The first-order valence-electron chi connectivity index (χ1n) is 7.13. The molecule has 0 radical (unpaired) electrons. The molecular formula is C17H15N3O2S. The number of aromatic hydroxyl groups is 1. The summed E-state index contributed by atoms with van der Waals surface area (Å²) in [6.45, 7) is 0. The number of nitrogens with one attached hydrogen (secondary N) is 1. The van der Waals surface area contributed by atoms with Crippen LogP contribution in [0, 0.1) is 0 Å². The third kappa shape index (κ3) is 3.98. The Morgan fingerprint density at radius 3 is 2.65 bits per heavy atom. The number of benzene rings is 2. The highest BCUT2D eigenvalue weighted by atomic mass is 32.2. The lowest BCUT2D eigenvalue weighted by molar-refractivity contribution is -0.118. The van der Waals surface area contributed by atoms with Crippen molar-refractivity contribution in [3.05, 3.63) is 65.7 Å². The predicted octanol–water partition coefficient (Wildman–Crippen LogP) is 2.56. The molecule has 1 fully saturated rings. The van der Waals surface area contributed by atoms with Gasteiger partial charge in [0.2, 0.25) is 5.91 Å². The number of carbonyl (C=O) groups is 1. The molecule has 1 amide bonds. The highest BCUT2D eigenvalue weighted by Crippen LogP contribution is 2.23. The minimum atomic E-state index is -0.198. The van der Waals surface area contributed by atoms with E-state index in [-0.39, 0.29) is 16.9 Å². The molecule has 116 valence electrons. The minimum absolute atomic E-state index is 0.0599. The highest BCUT2D eigenvalue weighted by molar-refractivity contribution is 8.15. The first-order chi connectivity index (χ1) is 11.2. The molecule has 2 aromatic rings. The molecule has 0 aliphatic carbocycles. The van der Waals surface area contributed by atoms with E-state index in [1.807, 2.05) is 30.3 Å². The molecule has 0 unspecified atom stereocenters. The summed E-state index contributed by atoms with van der Waals surface area (Å²) in [6.07, 6.45) is 2.11. The van der Waals surface area contributed by atoms with Crippen molar-refractivity contribution in [1.29, 1.82) is 0 Å². The van der Waals surface area contributed by atoms with Gasteiger partial charge in [0.15, 0.2) is 5.17 Å². The summed E-state index contributed by atoms with van der Waals surface area (Å²) in [5.41, 5.74) is 1.69. The zero-order valence-corrected chi connectivity index (χ0v) is 13.0. The molecule has 2 N–H and O–H groups in total. The topological polar surface area (TPSA) is 74.0 Å². The summed E-state index contributed by atoms with van der Waals surface area (Å²) in [5.74, 6) is 0.0804. The smallest absolute Gasteiger partial charge is 0.239 e. The van der Waals surface area contributed by atoms with E-state index in [9.17, 15) is 9.90 Å². The van der Waals surface area contributed by atoms with Gasteiger partial charge in [0, 0.05) is 5.56 Å². The van der Waals surface area contributed by atoms with E-state index in [0.717, 1.165) is 5.56 Å². The van der Waals surface area contributed by atoms with Crippen LogP contribution >= 0.6 is 11.8 Å². The van der Waals surface area contributed by atoms with Crippen LogP contribution < -0.4 is 5.32 Å². The summed E-state index contributed by atoms with van der Waals surface area (Å²) in [5, 5.41) is 20.6. The lowest BCUT2D eigenvalue weighted by Gasteiger charge is -2.04. The normalized spacial score (nSPS) is 19.4. The summed E-state index contributed by atoms with van der Waals surface area (Å²) in [7, 11) is 0. The van der Waals surface area contributed by atoms with Crippen molar-refractivity contribution < 1.29 is 9.90 Å². The number of amidine groups is 1. The van der Waals surface area contributed by atoms with E-state index < -0.39 is 0 Å². The van der Waals surface area contributed by atoms with Crippen molar-refractivity contribution >= 4 is 29.1 Å². The zero-order valence-electron chi connectivity index (χ0n) is 12.2. The van der Waals surface area contributed by atoms with Gasteiger partial charge in [-0.25, -0.2) is 0 Å². The quantitative estimate of drug-likeness (QED) is 0.670. The molecule has 1 aliphatic rings. The number of phenolic OH excluding ortho intramolecular Hbond substituents is 1. The van der Waals surface area contributed by atoms with Gasteiger partial charge in [-0.3, -0.25) is 4.79 Å². The van der Waals surface area contributed by atoms with Crippen molar-refractivity contribution in [2.75, 3.05) is 0 Å². The van der Waals surface area contributed by atoms with Crippen molar-refractivity contribution in [2.24, 2.45) is 10.2 Å². The lowest BCUT2D eigenvalue weighted by atomic mass is 10.1. The van der Waals surface area contributed by atoms with E-state index in [4.69, 9.17) is 0 Å². The Bertz CT molecular complexity index is 759. The molecule has 0 saturated carbocycles. The molecule has 0 aromatic heterocycles. The van der Waals surface area contributed by atoms with Gasteiger partial charge < -0.3 is 10.4 Å². The number of amides is 1. The van der Waals surface area contributed by atoms with Gasteiger partial charge in [0.25, 0.3) is 0 Å². The Labute approximate surface area is 138 Å². The molecule has 23 heavy (non-hydrogen) atoms. The maximum absolute atomic E-state index is 12.0. The second-order valence-corrected chi connectivity index (χ2v) is 6.19. The summed E-state index contributed by atoms with van der Waals surface area (Å²) in [4.78, 5) is 12.0. The monoisotopic (exact) mass is 325 g/mol. The predicted molar refractivity (Wildman–Crippen MR) is 92.8 cm³/mol. The Kier molecular flexibility index (Phi) is 4.73. The molecule has 3 rings (SSSR count). The van der Waals surface area contributed by atoms with Crippen LogP contribution in [-0.4, -0.2) is 27.6 Å². The number of thioether (sulfide) groups is 1. The minimum Gasteiger partial charge on any atom is -0.507 e. The number of hydrogen-bond acceptors (Lipinski definition) is 5. The average molecular weight is 325 g/mol. The van der Waals surface area contributed by atoms with Crippen molar-refractivity contribution in [3.8, 4) is 5.75 Å². The maximum atomic E-state index is 12.0. The first-order valence-corrected chi connectivity index (χ1v) is 8.01. The van der Waals surface area contributed by atoms with Gasteiger partial charge >= 0.3 is 0 Å². The van der Waals surface area contributed by atoms with Crippen LogP contribution in [-0.2, 0) is 11.2 Å². The molecule has 1 heterocycles. The number of nitrogens with zero attached hydrogens (tertiary/aromatic N) is 2. The van der Waals surface area contributed by atoms with Crippen LogP contribution in [0.5, 0.6) is 5.75 Å². The van der Waals surface area contributed by atoms with Crippen LogP contribution in [0.1, 0.15) is 11.1 Å². The standard InChI is InChI=1S/C17H15N3O2S/c21-14-9-5-4-8-13(14)11-18-20-17-19-16(22)15(23-17)10-12-6-2-1-3-7-12/h1-9,11,15,21H,10H2,(H,19,20,22)/b18-11-/t15-/m0/s1. The Hall–Kier alpha value is -2.60. The van der Waals surface area contributed by atoms with Crippen LogP contribution in [0.25, 0.3) is 0 Å². The van der Waals surface area contributed by atoms with Crippen molar-refractivity contribution in [3.63, 3.8) is 0 Å². The molecule has 0 spiro atoms. The summed E-state index contributed by atoms with van der Waals surface area (Å²) in [6, 6.07) is 16.7. The van der Waals surface area contributed by atoms with Crippen LogP contribution in [0.4, 0.5) is 0 Å². The fraction of sp³-hybridized carbons (Fsp3) is 0.118. The van der Waals surface area contributed by atoms with Gasteiger partial charge in [-0.2, -0.15) is 5.10 Å². The number of phenols is 1. The Morgan fingerprint density at radius 2 is 1.87 bits per heavy atom. The van der Waals surface area contributed by atoms with E-state index in [1.165, 1.54) is 18.0 Å². The highest BCUT2D eigenvalue weighted by Gasteiger charge is 2.30. The van der Waals surface area contributed by atoms with Crippen molar-refractivity contribution in [2.45, 2.75) is 11.7 Å². The molecule has 1 aliphatic heterocycles. The van der Waals surface area contributed by atoms with Gasteiger partial charge in [-0.15, -0.1) is 5.10 Å². The number of rotatable bonds is 4. The molecule has 1 saturated heterocycles. The molecule has 6 heteroatoms. The van der Waals surface area contributed by atoms with Gasteiger partial charge in [-0.05, 0) is 24.1 Å². The fourth-order valence-electron chi connectivity index (χ4n) is 2.15. The zero-order chi connectivity index (χ0) is 16.1. The van der Waals surface area contributed by atoms with Gasteiger partial charge in [-0.1, -0.05) is 54.2 Å². The summed E-state index contributed by atoms with van der Waals surface area (Å²) < 4.78 is 0. The number of hydrogen-bond donors (Lipinski definition) is 2. The number of para-hydroxylation sites is 1. The van der Waals surface area contributed by atoms with E-state index >= 15 is 0 Å². The Morgan fingerprint density at radius 1 is 1.13 bits per heavy atom. The molecule has 5 nitrogen and oxygen atoms in total. The van der Waals surface area contributed by atoms with Gasteiger partial charge in [0.1, 0.15) is 5.75 Å². The van der Waals surface area contributed by atoms with E-state index in [2.05, 4.69) is 15.5 Å². The maximum Gasteiger partial charge on any atom is 0.239 e. The molecule has 1 atom stereocenters. The first kappa shape index (κ1) is 15.3. The van der Waals surface area contributed by atoms with Crippen LogP contribution in [0.15, 0.2) is 64.8 Å². The lowest BCUT2D eigenvalue weighted by Crippen LogP contribution is -2.25. The molecular weight excluding hydrogens is 310 g/mol. The SMILES string of the molecule is O=C1N/C(=N\N=C/c2ccccc2O)S[C@H]1Cc1ccccc1. The van der Waals surface area contributed by atoms with Crippen molar-refractivity contribution in [1.82, 2.24) is 5.32 Å².